The molecular weight excluding hydrogens is 258 g/mol. The van der Waals surface area contributed by atoms with Gasteiger partial charge in [-0.1, -0.05) is 18.2 Å². The van der Waals surface area contributed by atoms with Gasteiger partial charge in [0, 0.05) is 0 Å². The first kappa shape index (κ1) is 14.6. The summed E-state index contributed by atoms with van der Waals surface area (Å²) in [7, 11) is 0. The minimum Gasteiger partial charge on any atom is -0.271 e. The van der Waals surface area contributed by atoms with Crippen molar-refractivity contribution in [2.24, 2.45) is 5.84 Å². The van der Waals surface area contributed by atoms with Gasteiger partial charge in [-0.25, -0.2) is 8.78 Å². The zero-order valence-electron chi connectivity index (χ0n) is 11.6. The topological polar surface area (TPSA) is 38.0 Å². The molecule has 0 aliphatic carbocycles. The third-order valence-corrected chi connectivity index (χ3v) is 3.52. The summed E-state index contributed by atoms with van der Waals surface area (Å²) in [4.78, 5) is 0. The molecule has 1 atom stereocenters. The fraction of sp³-hybridized carbons (Fsp3) is 0.250. The number of hydrazine groups is 1. The van der Waals surface area contributed by atoms with Crippen LogP contribution in [0.4, 0.5) is 8.78 Å². The second kappa shape index (κ2) is 6.11. The van der Waals surface area contributed by atoms with Crippen LogP contribution in [-0.4, -0.2) is 0 Å². The Kier molecular flexibility index (Phi) is 4.47. The maximum Gasteiger partial charge on any atom is 0.126 e. The van der Waals surface area contributed by atoms with Crippen molar-refractivity contribution in [2.75, 3.05) is 0 Å². The Labute approximate surface area is 117 Å². The average molecular weight is 276 g/mol. The van der Waals surface area contributed by atoms with Gasteiger partial charge in [-0.3, -0.25) is 11.3 Å². The van der Waals surface area contributed by atoms with Gasteiger partial charge in [0.15, 0.2) is 0 Å². The van der Waals surface area contributed by atoms with Crippen molar-refractivity contribution in [3.8, 4) is 0 Å². The maximum atomic E-state index is 13.7. The van der Waals surface area contributed by atoms with E-state index in [2.05, 4.69) is 5.43 Å². The van der Waals surface area contributed by atoms with Gasteiger partial charge < -0.3 is 0 Å². The van der Waals surface area contributed by atoms with Gasteiger partial charge in [-0.05, 0) is 60.7 Å². The van der Waals surface area contributed by atoms with E-state index < -0.39 is 11.6 Å². The van der Waals surface area contributed by atoms with E-state index in [-0.39, 0.29) is 6.04 Å². The molecule has 2 aromatic carbocycles. The summed E-state index contributed by atoms with van der Waals surface area (Å²) in [6.07, 6.45) is 0.297. The van der Waals surface area contributed by atoms with E-state index in [1.54, 1.807) is 0 Å². The number of nitrogens with one attached hydrogen (secondary N) is 1. The summed E-state index contributed by atoms with van der Waals surface area (Å²) < 4.78 is 27.0. The summed E-state index contributed by atoms with van der Waals surface area (Å²) >= 11 is 0. The fourth-order valence-corrected chi connectivity index (χ4v) is 2.54. The predicted octanol–water partition coefficient (Wildman–Crippen LogP) is 3.33. The van der Waals surface area contributed by atoms with Crippen molar-refractivity contribution < 1.29 is 8.78 Å². The molecule has 106 valence electrons. The maximum absolute atomic E-state index is 13.7. The lowest BCUT2D eigenvalue weighted by atomic mass is 9.92. The highest BCUT2D eigenvalue weighted by molar-refractivity contribution is 5.37. The van der Waals surface area contributed by atoms with Crippen LogP contribution in [0.3, 0.4) is 0 Å². The molecule has 2 aromatic rings. The summed E-state index contributed by atoms with van der Waals surface area (Å²) in [5.41, 5.74) is 6.20. The zero-order valence-corrected chi connectivity index (χ0v) is 11.6. The molecule has 2 nitrogen and oxygen atoms in total. The molecule has 3 N–H and O–H groups in total. The van der Waals surface area contributed by atoms with Crippen LogP contribution in [0.15, 0.2) is 36.4 Å². The first-order valence-corrected chi connectivity index (χ1v) is 6.49. The number of hydrogen-bond acceptors (Lipinski definition) is 2. The largest absolute Gasteiger partial charge is 0.271 e. The van der Waals surface area contributed by atoms with Crippen molar-refractivity contribution in [1.82, 2.24) is 5.43 Å². The van der Waals surface area contributed by atoms with Crippen LogP contribution in [0, 0.1) is 25.5 Å². The molecule has 4 heteroatoms. The highest BCUT2D eigenvalue weighted by Crippen LogP contribution is 2.25. The van der Waals surface area contributed by atoms with Crippen molar-refractivity contribution >= 4 is 0 Å². The molecule has 0 fully saturated rings. The second-order valence-corrected chi connectivity index (χ2v) is 4.96. The van der Waals surface area contributed by atoms with Gasteiger partial charge in [0.05, 0.1) is 6.04 Å². The summed E-state index contributed by atoms with van der Waals surface area (Å²) in [5.74, 6) is 4.75. The van der Waals surface area contributed by atoms with E-state index >= 15 is 0 Å². The smallest absolute Gasteiger partial charge is 0.126 e. The number of aryl methyl sites for hydroxylation is 2. The van der Waals surface area contributed by atoms with Crippen molar-refractivity contribution in [3.05, 3.63) is 70.3 Å². The molecule has 1 unspecified atom stereocenters. The van der Waals surface area contributed by atoms with Gasteiger partial charge in [0.1, 0.15) is 11.6 Å². The number of nitrogens with two attached hydrogens (primary N) is 1. The Hall–Kier alpha value is -1.78. The van der Waals surface area contributed by atoms with E-state index in [0.717, 1.165) is 28.8 Å². The van der Waals surface area contributed by atoms with E-state index in [4.69, 9.17) is 5.84 Å². The molecule has 0 bridgehead atoms. The molecule has 20 heavy (non-hydrogen) atoms. The molecule has 2 rings (SSSR count). The van der Waals surface area contributed by atoms with Crippen LogP contribution in [0.2, 0.25) is 0 Å². The van der Waals surface area contributed by atoms with Crippen LogP contribution in [0.1, 0.15) is 28.3 Å². The van der Waals surface area contributed by atoms with Crippen LogP contribution in [0.5, 0.6) is 0 Å². The van der Waals surface area contributed by atoms with Gasteiger partial charge in [0.25, 0.3) is 0 Å². The third kappa shape index (κ3) is 3.03. The summed E-state index contributed by atoms with van der Waals surface area (Å²) in [6.45, 7) is 3.96. The quantitative estimate of drug-likeness (QED) is 0.664. The molecule has 0 spiro atoms. The van der Waals surface area contributed by atoms with Crippen LogP contribution >= 0.6 is 0 Å². The summed E-state index contributed by atoms with van der Waals surface area (Å²) in [5, 5.41) is 0. The molecule has 0 aromatic heterocycles. The molecule has 0 saturated heterocycles. The van der Waals surface area contributed by atoms with Crippen molar-refractivity contribution in [3.63, 3.8) is 0 Å². The van der Waals surface area contributed by atoms with E-state index in [1.165, 1.54) is 6.07 Å². The normalized spacial score (nSPS) is 12.4. The van der Waals surface area contributed by atoms with Crippen LogP contribution < -0.4 is 11.3 Å². The van der Waals surface area contributed by atoms with Crippen LogP contribution in [-0.2, 0) is 6.42 Å². The van der Waals surface area contributed by atoms with E-state index in [0.29, 0.717) is 12.0 Å². The van der Waals surface area contributed by atoms with E-state index in [1.807, 2.05) is 32.0 Å². The molecule has 0 heterocycles. The lowest BCUT2D eigenvalue weighted by Gasteiger charge is -2.21. The first-order chi connectivity index (χ1) is 9.52. The number of benzene rings is 2. The third-order valence-electron chi connectivity index (χ3n) is 3.52. The Morgan fingerprint density at radius 3 is 2.35 bits per heavy atom. The molecule has 0 amide bonds. The van der Waals surface area contributed by atoms with Gasteiger partial charge in [-0.15, -0.1) is 0 Å². The highest BCUT2D eigenvalue weighted by atomic mass is 19.1. The minimum absolute atomic E-state index is 0.257. The average Bonchev–Trinajstić information content (AvgIpc) is 2.41. The van der Waals surface area contributed by atoms with E-state index in [9.17, 15) is 8.78 Å². The molecular formula is C16H18F2N2. The predicted molar refractivity (Wildman–Crippen MR) is 76.0 cm³/mol. The van der Waals surface area contributed by atoms with Gasteiger partial charge >= 0.3 is 0 Å². The van der Waals surface area contributed by atoms with Gasteiger partial charge in [-0.2, -0.15) is 0 Å². The molecule has 0 radical (unpaired) electrons. The zero-order chi connectivity index (χ0) is 14.7. The highest BCUT2D eigenvalue weighted by Gasteiger charge is 2.17. The number of halogens is 2. The number of hydrogen-bond donors (Lipinski definition) is 2. The first-order valence-electron chi connectivity index (χ1n) is 6.49. The Morgan fingerprint density at radius 1 is 1.10 bits per heavy atom. The molecule has 0 aliphatic heterocycles. The lowest BCUT2D eigenvalue weighted by Crippen LogP contribution is -2.31. The van der Waals surface area contributed by atoms with Crippen molar-refractivity contribution in [2.45, 2.75) is 26.3 Å². The second-order valence-electron chi connectivity index (χ2n) is 4.96. The standard InChI is InChI=1S/C16H18F2N2/c1-10-4-3-5-11(2)16(10)15(20-19)9-12-8-13(17)6-7-14(12)18/h3-8,15,20H,9,19H2,1-2H3. The molecule has 0 aliphatic rings. The minimum atomic E-state index is -0.446. The van der Waals surface area contributed by atoms with Gasteiger partial charge in [0.2, 0.25) is 0 Å². The Morgan fingerprint density at radius 2 is 1.75 bits per heavy atom. The molecule has 0 saturated carbocycles. The van der Waals surface area contributed by atoms with Crippen molar-refractivity contribution in [1.29, 1.82) is 0 Å². The Bertz CT molecular complexity index is 591. The number of rotatable bonds is 4. The van der Waals surface area contributed by atoms with Crippen LogP contribution in [0.25, 0.3) is 0 Å². The Balaban J connectivity index is 2.36. The monoisotopic (exact) mass is 276 g/mol. The summed E-state index contributed by atoms with van der Waals surface area (Å²) in [6, 6.07) is 9.14. The fourth-order valence-electron chi connectivity index (χ4n) is 2.54. The lowest BCUT2D eigenvalue weighted by molar-refractivity contribution is 0.519. The SMILES string of the molecule is Cc1cccc(C)c1C(Cc1cc(F)ccc1F)NN.